The van der Waals surface area contributed by atoms with Gasteiger partial charge in [0.05, 0.1) is 5.69 Å². The molecule has 1 aliphatic heterocycles. The first-order valence-electron chi connectivity index (χ1n) is 8.28. The average Bonchev–Trinajstić information content (AvgIpc) is 3.09. The van der Waals surface area contributed by atoms with E-state index in [0.29, 0.717) is 0 Å². The van der Waals surface area contributed by atoms with Crippen molar-refractivity contribution in [1.29, 1.82) is 0 Å². The molecule has 7 heteroatoms. The Balaban J connectivity index is 1.42. The molecule has 4 rings (SSSR count). The third kappa shape index (κ3) is 3.37. The van der Waals surface area contributed by atoms with E-state index in [2.05, 4.69) is 65.3 Å². The number of anilines is 2. The molecule has 0 aliphatic carbocycles. The van der Waals surface area contributed by atoms with Gasteiger partial charge in [-0.2, -0.15) is 5.10 Å². The fraction of sp³-hybridized carbons (Fsp3) is 0.278. The normalized spacial score (nSPS) is 14.8. The smallest absolute Gasteiger partial charge is 0.151 e. The van der Waals surface area contributed by atoms with Crippen molar-refractivity contribution >= 4 is 27.4 Å². The molecule has 2 aromatic heterocycles. The van der Waals surface area contributed by atoms with Crippen LogP contribution in [0, 0.1) is 0 Å². The molecule has 1 saturated heterocycles. The Hall–Kier alpha value is -2.41. The zero-order valence-corrected chi connectivity index (χ0v) is 15.6. The minimum Gasteiger partial charge on any atom is -0.368 e. The summed E-state index contributed by atoms with van der Waals surface area (Å²) in [5, 5.41) is 13.0. The fourth-order valence-electron chi connectivity index (χ4n) is 3.10. The number of halogens is 1. The molecule has 3 aromatic rings. The molecule has 0 atom stereocenters. The van der Waals surface area contributed by atoms with Crippen LogP contribution in [0.5, 0.6) is 0 Å². The molecule has 0 saturated carbocycles. The second-order valence-electron chi connectivity index (χ2n) is 6.07. The van der Waals surface area contributed by atoms with Crippen molar-refractivity contribution in [2.75, 3.05) is 36.0 Å². The van der Waals surface area contributed by atoms with Gasteiger partial charge in [-0.15, -0.1) is 10.2 Å². The number of nitrogens with zero attached hydrogens (tertiary/aromatic N) is 6. The van der Waals surface area contributed by atoms with Crippen LogP contribution < -0.4 is 9.80 Å². The van der Waals surface area contributed by atoms with Crippen LogP contribution in [-0.4, -0.2) is 46.2 Å². The molecule has 6 nitrogen and oxygen atoms in total. The molecule has 1 fully saturated rings. The summed E-state index contributed by atoms with van der Waals surface area (Å²) in [5.41, 5.74) is 3.08. The molecule has 0 unspecified atom stereocenters. The molecule has 25 heavy (non-hydrogen) atoms. The van der Waals surface area contributed by atoms with E-state index in [0.717, 1.165) is 47.9 Å². The summed E-state index contributed by atoms with van der Waals surface area (Å²) in [6, 6.07) is 14.5. The van der Waals surface area contributed by atoms with Crippen molar-refractivity contribution in [2.45, 2.75) is 0 Å². The van der Waals surface area contributed by atoms with Crippen molar-refractivity contribution in [3.05, 3.63) is 53.1 Å². The highest BCUT2D eigenvalue weighted by Gasteiger charge is 2.19. The Morgan fingerprint density at radius 3 is 2.16 bits per heavy atom. The Labute approximate surface area is 155 Å². The van der Waals surface area contributed by atoms with E-state index >= 15 is 0 Å². The number of piperazine rings is 1. The van der Waals surface area contributed by atoms with Gasteiger partial charge in [-0.05, 0) is 42.5 Å². The van der Waals surface area contributed by atoms with Crippen molar-refractivity contribution in [3.8, 4) is 11.4 Å². The van der Waals surface area contributed by atoms with E-state index in [1.54, 1.807) is 10.9 Å². The van der Waals surface area contributed by atoms with E-state index in [4.69, 9.17) is 0 Å². The van der Waals surface area contributed by atoms with Crippen LogP contribution in [0.1, 0.15) is 0 Å². The molecule has 1 aliphatic rings. The van der Waals surface area contributed by atoms with Gasteiger partial charge in [0.25, 0.3) is 0 Å². The maximum absolute atomic E-state index is 4.42. The predicted octanol–water partition coefficient (Wildman–Crippen LogP) is 2.97. The van der Waals surface area contributed by atoms with Gasteiger partial charge in [-0.25, -0.2) is 0 Å². The molecule has 128 valence electrons. The van der Waals surface area contributed by atoms with Gasteiger partial charge in [0, 0.05) is 49.6 Å². The topological polar surface area (TPSA) is 50.1 Å². The second-order valence-corrected chi connectivity index (χ2v) is 6.98. The number of hydrogen-bond donors (Lipinski definition) is 0. The molecule has 3 heterocycles. The summed E-state index contributed by atoms with van der Waals surface area (Å²) >= 11 is 3.49. The first kappa shape index (κ1) is 16.1. The third-order valence-electron chi connectivity index (χ3n) is 4.53. The number of hydrogen-bond acceptors (Lipinski definition) is 5. The van der Waals surface area contributed by atoms with Gasteiger partial charge in [0.1, 0.15) is 5.69 Å². The average molecular weight is 399 g/mol. The lowest BCUT2D eigenvalue weighted by Gasteiger charge is -2.36. The standard InChI is InChI=1S/C18H19BrN6/c1-23-17(8-9-20-23)16-6-7-18(22-21-16)25-12-10-24(11-13-25)15-4-2-14(19)3-5-15/h2-9H,10-13H2,1H3. The van der Waals surface area contributed by atoms with Crippen LogP contribution in [0.4, 0.5) is 11.5 Å². The highest BCUT2D eigenvalue weighted by Crippen LogP contribution is 2.22. The van der Waals surface area contributed by atoms with Crippen LogP contribution in [0.2, 0.25) is 0 Å². The first-order valence-corrected chi connectivity index (χ1v) is 9.07. The molecule has 0 bridgehead atoms. The summed E-state index contributed by atoms with van der Waals surface area (Å²) in [4.78, 5) is 4.69. The fourth-order valence-corrected chi connectivity index (χ4v) is 3.37. The molecule has 0 spiro atoms. The summed E-state index contributed by atoms with van der Waals surface area (Å²) < 4.78 is 2.92. The van der Waals surface area contributed by atoms with Crippen LogP contribution in [0.25, 0.3) is 11.4 Å². The van der Waals surface area contributed by atoms with E-state index < -0.39 is 0 Å². The maximum Gasteiger partial charge on any atom is 0.151 e. The van der Waals surface area contributed by atoms with Crippen LogP contribution in [-0.2, 0) is 7.05 Å². The Bertz CT molecular complexity index is 835. The number of aromatic nitrogens is 4. The lowest BCUT2D eigenvalue weighted by Crippen LogP contribution is -2.46. The zero-order valence-electron chi connectivity index (χ0n) is 14.0. The molecule has 1 aromatic carbocycles. The van der Waals surface area contributed by atoms with E-state index in [1.807, 2.05) is 25.2 Å². The lowest BCUT2D eigenvalue weighted by molar-refractivity contribution is 0.643. The van der Waals surface area contributed by atoms with E-state index in [9.17, 15) is 0 Å². The van der Waals surface area contributed by atoms with Crippen LogP contribution >= 0.6 is 15.9 Å². The van der Waals surface area contributed by atoms with E-state index in [-0.39, 0.29) is 0 Å². The number of rotatable bonds is 3. The van der Waals surface area contributed by atoms with Gasteiger partial charge < -0.3 is 9.80 Å². The quantitative estimate of drug-likeness (QED) is 0.678. The molecular weight excluding hydrogens is 380 g/mol. The van der Waals surface area contributed by atoms with Gasteiger partial charge >= 0.3 is 0 Å². The Kier molecular flexibility index (Phi) is 4.40. The van der Waals surface area contributed by atoms with Gasteiger partial charge in [0.15, 0.2) is 5.82 Å². The molecule has 0 N–H and O–H groups in total. The monoisotopic (exact) mass is 398 g/mol. The number of benzene rings is 1. The third-order valence-corrected chi connectivity index (χ3v) is 5.06. The maximum atomic E-state index is 4.42. The summed E-state index contributed by atoms with van der Waals surface area (Å²) in [5.74, 6) is 0.932. The molecule has 0 radical (unpaired) electrons. The minimum atomic E-state index is 0.845. The highest BCUT2D eigenvalue weighted by molar-refractivity contribution is 9.10. The van der Waals surface area contributed by atoms with Crippen molar-refractivity contribution < 1.29 is 0 Å². The van der Waals surface area contributed by atoms with Crippen molar-refractivity contribution in [1.82, 2.24) is 20.0 Å². The largest absolute Gasteiger partial charge is 0.368 e. The second kappa shape index (κ2) is 6.84. The van der Waals surface area contributed by atoms with Gasteiger partial charge in [0.2, 0.25) is 0 Å². The van der Waals surface area contributed by atoms with Gasteiger partial charge in [-0.1, -0.05) is 15.9 Å². The summed E-state index contributed by atoms with van der Waals surface area (Å²) in [7, 11) is 1.91. The minimum absolute atomic E-state index is 0.845. The summed E-state index contributed by atoms with van der Waals surface area (Å²) in [6.07, 6.45) is 1.77. The first-order chi connectivity index (χ1) is 12.2. The van der Waals surface area contributed by atoms with E-state index in [1.165, 1.54) is 5.69 Å². The van der Waals surface area contributed by atoms with Crippen molar-refractivity contribution in [2.24, 2.45) is 7.05 Å². The SMILES string of the molecule is Cn1nccc1-c1ccc(N2CCN(c3ccc(Br)cc3)CC2)nn1. The predicted molar refractivity (Wildman–Crippen MR) is 103 cm³/mol. The Morgan fingerprint density at radius 1 is 0.840 bits per heavy atom. The highest BCUT2D eigenvalue weighted by atomic mass is 79.9. The van der Waals surface area contributed by atoms with Crippen molar-refractivity contribution in [3.63, 3.8) is 0 Å². The van der Waals surface area contributed by atoms with Crippen LogP contribution in [0.15, 0.2) is 53.1 Å². The lowest BCUT2D eigenvalue weighted by atomic mass is 10.2. The van der Waals surface area contributed by atoms with Crippen LogP contribution in [0.3, 0.4) is 0 Å². The van der Waals surface area contributed by atoms with Gasteiger partial charge in [-0.3, -0.25) is 4.68 Å². The number of aryl methyl sites for hydroxylation is 1. The summed E-state index contributed by atoms with van der Waals surface area (Å²) in [6.45, 7) is 3.84. The molecule has 0 amide bonds. The Morgan fingerprint density at radius 2 is 1.56 bits per heavy atom. The zero-order chi connectivity index (χ0) is 17.2. The molecular formula is C18H19BrN6.